The van der Waals surface area contributed by atoms with Crippen molar-refractivity contribution in [2.24, 2.45) is 11.8 Å². The number of rotatable bonds is 8. The Labute approximate surface area is 263 Å². The van der Waals surface area contributed by atoms with Gasteiger partial charge < -0.3 is 15.2 Å². The van der Waals surface area contributed by atoms with Gasteiger partial charge in [-0.2, -0.15) is 0 Å². The lowest BCUT2D eigenvalue weighted by atomic mass is 9.59. The third kappa shape index (κ3) is 5.62. The zero-order valence-electron chi connectivity index (χ0n) is 24.8. The Hall–Kier alpha value is -2.83. The van der Waals surface area contributed by atoms with Crippen LogP contribution in [0.5, 0.6) is 5.75 Å². The maximum Gasteiger partial charge on any atom is 0.329 e. The number of fused-ring (bicyclic) bond motifs is 3. The number of anilines is 1. The van der Waals surface area contributed by atoms with Gasteiger partial charge in [0.25, 0.3) is 0 Å². The van der Waals surface area contributed by atoms with Gasteiger partial charge in [-0.1, -0.05) is 49.2 Å². The minimum absolute atomic E-state index is 0.140. The van der Waals surface area contributed by atoms with Gasteiger partial charge in [0, 0.05) is 28.2 Å². The number of nitrogens with one attached hydrogen (secondary N) is 1. The average molecular weight is 626 g/mol. The first kappa shape index (κ1) is 30.2. The summed E-state index contributed by atoms with van der Waals surface area (Å²) in [6.45, 7) is 5.00. The van der Waals surface area contributed by atoms with Gasteiger partial charge in [0.1, 0.15) is 17.1 Å². The SMILES string of the molecule is C[C@@H](COc1ccnc2c1[C@H](C)CCC2)CC1Cc2c(ccc(Cl)c2F)C12CCC(Nc1cccc(Cl)c1)(C(=O)O)CC2. The summed E-state index contributed by atoms with van der Waals surface area (Å²) in [4.78, 5) is 17.3. The van der Waals surface area contributed by atoms with Crippen molar-refractivity contribution >= 4 is 34.9 Å². The molecule has 2 N–H and O–H groups in total. The Balaban J connectivity index is 1.23. The van der Waals surface area contributed by atoms with E-state index in [0.717, 1.165) is 42.7 Å². The highest BCUT2D eigenvalue weighted by atomic mass is 35.5. The van der Waals surface area contributed by atoms with Crippen LogP contribution in [0.1, 0.15) is 87.1 Å². The lowest BCUT2D eigenvalue weighted by Crippen LogP contribution is -2.53. The first-order chi connectivity index (χ1) is 20.6. The Bertz CT molecular complexity index is 1520. The zero-order valence-corrected chi connectivity index (χ0v) is 26.3. The number of carboxylic acids is 1. The number of aromatic nitrogens is 1. The van der Waals surface area contributed by atoms with E-state index >= 15 is 4.39 Å². The van der Waals surface area contributed by atoms with Gasteiger partial charge in [-0.15, -0.1) is 0 Å². The van der Waals surface area contributed by atoms with Gasteiger partial charge in [-0.25, -0.2) is 9.18 Å². The van der Waals surface area contributed by atoms with Gasteiger partial charge in [0.2, 0.25) is 0 Å². The molecule has 228 valence electrons. The molecule has 0 bridgehead atoms. The summed E-state index contributed by atoms with van der Waals surface area (Å²) in [6.07, 6.45) is 8.68. The number of nitrogens with zero attached hydrogens (tertiary/aromatic N) is 1. The third-order valence-electron chi connectivity index (χ3n) is 10.4. The number of aliphatic carboxylic acids is 1. The smallest absolute Gasteiger partial charge is 0.329 e. The quantitative estimate of drug-likeness (QED) is 0.262. The van der Waals surface area contributed by atoms with Crippen LogP contribution < -0.4 is 10.1 Å². The van der Waals surface area contributed by atoms with Crippen molar-refractivity contribution in [2.75, 3.05) is 11.9 Å². The van der Waals surface area contributed by atoms with Crippen LogP contribution in [0.15, 0.2) is 48.7 Å². The van der Waals surface area contributed by atoms with Crippen LogP contribution in [0, 0.1) is 17.7 Å². The molecule has 3 aliphatic carbocycles. The number of pyridine rings is 1. The van der Waals surface area contributed by atoms with Crippen LogP contribution in [0.25, 0.3) is 0 Å². The maximum atomic E-state index is 15.4. The fourth-order valence-corrected chi connectivity index (χ4v) is 8.49. The predicted molar refractivity (Wildman–Crippen MR) is 169 cm³/mol. The molecule has 8 heteroatoms. The van der Waals surface area contributed by atoms with E-state index in [1.807, 2.05) is 30.5 Å². The number of benzene rings is 2. The molecule has 1 fully saturated rings. The van der Waals surface area contributed by atoms with E-state index in [1.165, 1.54) is 5.56 Å². The number of ether oxygens (including phenoxy) is 1. The van der Waals surface area contributed by atoms with E-state index in [0.29, 0.717) is 60.9 Å². The van der Waals surface area contributed by atoms with Crippen molar-refractivity contribution in [1.29, 1.82) is 0 Å². The Morgan fingerprint density at radius 1 is 1.19 bits per heavy atom. The Morgan fingerprint density at radius 2 is 1.98 bits per heavy atom. The van der Waals surface area contributed by atoms with Crippen LogP contribution in [-0.4, -0.2) is 28.2 Å². The number of halogens is 3. The van der Waals surface area contributed by atoms with Crippen molar-refractivity contribution in [1.82, 2.24) is 4.98 Å². The topological polar surface area (TPSA) is 71.5 Å². The Kier molecular flexibility index (Phi) is 8.38. The molecule has 3 aliphatic rings. The van der Waals surface area contributed by atoms with E-state index in [4.69, 9.17) is 27.9 Å². The molecule has 0 saturated heterocycles. The third-order valence-corrected chi connectivity index (χ3v) is 10.9. The van der Waals surface area contributed by atoms with Gasteiger partial charge in [0.15, 0.2) is 0 Å². The summed E-state index contributed by atoms with van der Waals surface area (Å²) in [5, 5.41) is 14.4. The molecule has 3 aromatic rings. The van der Waals surface area contributed by atoms with Crippen LogP contribution in [-0.2, 0) is 23.1 Å². The van der Waals surface area contributed by atoms with Crippen molar-refractivity contribution < 1.29 is 19.0 Å². The number of aryl methyl sites for hydroxylation is 1. The summed E-state index contributed by atoms with van der Waals surface area (Å²) in [5.41, 5.74) is 3.31. The summed E-state index contributed by atoms with van der Waals surface area (Å²) in [7, 11) is 0. The molecule has 5 nitrogen and oxygen atoms in total. The number of carbonyl (C=O) groups is 1. The van der Waals surface area contributed by atoms with E-state index in [1.54, 1.807) is 18.2 Å². The predicted octanol–water partition coefficient (Wildman–Crippen LogP) is 8.99. The largest absolute Gasteiger partial charge is 0.493 e. The molecule has 1 unspecified atom stereocenters. The molecule has 6 rings (SSSR count). The van der Waals surface area contributed by atoms with Gasteiger partial charge in [-0.3, -0.25) is 4.98 Å². The highest BCUT2D eigenvalue weighted by molar-refractivity contribution is 6.31. The zero-order chi connectivity index (χ0) is 30.4. The van der Waals surface area contributed by atoms with Gasteiger partial charge >= 0.3 is 5.97 Å². The van der Waals surface area contributed by atoms with E-state index in [2.05, 4.69) is 24.1 Å². The van der Waals surface area contributed by atoms with Crippen molar-refractivity contribution in [3.8, 4) is 5.75 Å². The fourth-order valence-electron chi connectivity index (χ4n) is 8.12. The van der Waals surface area contributed by atoms with Crippen molar-refractivity contribution in [3.05, 3.63) is 86.9 Å². The Morgan fingerprint density at radius 3 is 2.72 bits per heavy atom. The van der Waals surface area contributed by atoms with E-state index in [9.17, 15) is 9.90 Å². The lowest BCUT2D eigenvalue weighted by molar-refractivity contribution is -0.144. The van der Waals surface area contributed by atoms with Crippen LogP contribution in [0.4, 0.5) is 10.1 Å². The molecule has 3 atom stereocenters. The summed E-state index contributed by atoms with van der Waals surface area (Å²) in [5.74, 6) is 0.513. The van der Waals surface area contributed by atoms with E-state index in [-0.39, 0.29) is 28.1 Å². The molecule has 1 aromatic heterocycles. The van der Waals surface area contributed by atoms with Crippen LogP contribution in [0.2, 0.25) is 10.0 Å². The monoisotopic (exact) mass is 624 g/mol. The lowest BCUT2D eigenvalue weighted by Gasteiger charge is -2.47. The second-order valence-electron chi connectivity index (χ2n) is 13.1. The van der Waals surface area contributed by atoms with Crippen LogP contribution in [0.3, 0.4) is 0 Å². The fraction of sp³-hybridized carbons (Fsp3) is 0.486. The molecule has 0 amide bonds. The van der Waals surface area contributed by atoms with E-state index < -0.39 is 11.5 Å². The second kappa shape index (κ2) is 11.9. The van der Waals surface area contributed by atoms with Crippen LogP contribution >= 0.6 is 23.2 Å². The molecule has 2 aromatic carbocycles. The van der Waals surface area contributed by atoms with Gasteiger partial charge in [0.05, 0.1) is 11.6 Å². The molecule has 1 heterocycles. The summed E-state index contributed by atoms with van der Waals surface area (Å²) in [6, 6.07) is 12.8. The minimum Gasteiger partial charge on any atom is -0.493 e. The second-order valence-corrected chi connectivity index (χ2v) is 13.9. The molecule has 0 radical (unpaired) electrons. The number of hydrogen-bond acceptors (Lipinski definition) is 4. The minimum atomic E-state index is -1.12. The summed E-state index contributed by atoms with van der Waals surface area (Å²) >= 11 is 12.4. The molecule has 1 spiro atoms. The molecule has 43 heavy (non-hydrogen) atoms. The molecular formula is C35H39Cl2FN2O3. The number of hydrogen-bond donors (Lipinski definition) is 2. The number of carboxylic acid groups (broad SMARTS) is 1. The summed E-state index contributed by atoms with van der Waals surface area (Å²) < 4.78 is 21.9. The molecule has 0 aliphatic heterocycles. The molecular weight excluding hydrogens is 586 g/mol. The molecule has 1 saturated carbocycles. The van der Waals surface area contributed by atoms with Gasteiger partial charge in [-0.05, 0) is 122 Å². The first-order valence-corrected chi connectivity index (χ1v) is 16.2. The van der Waals surface area contributed by atoms with Crippen molar-refractivity contribution in [3.63, 3.8) is 0 Å². The highest BCUT2D eigenvalue weighted by Gasteiger charge is 2.54. The van der Waals surface area contributed by atoms with Crippen molar-refractivity contribution in [2.45, 2.75) is 88.5 Å². The maximum absolute atomic E-state index is 15.4. The average Bonchev–Trinajstić information content (AvgIpc) is 3.28. The first-order valence-electron chi connectivity index (χ1n) is 15.5. The normalized spacial score (nSPS) is 26.9. The standard InChI is InChI=1S/C35H39Cl2FN2O3/c1-21(20-43-30-11-16-39-29-8-3-5-22(2)31(29)30)17-23-18-26-27(9-10-28(37)32(26)38)34(23)12-14-35(15-13-34,33(41)42)40-25-7-4-6-24(36)19-25/h4,6-7,9-11,16,19,21-23,40H,3,5,8,12-15,17-18,20H2,1-2H3,(H,41,42)/t21-,22-,23?,34?,35?/m1/s1. The highest BCUT2D eigenvalue weighted by Crippen LogP contribution is 2.57.